The van der Waals surface area contributed by atoms with Crippen LogP contribution in [-0.2, 0) is 4.79 Å². The molecule has 2 N–H and O–H groups in total. The number of hydrogen-bond acceptors (Lipinski definition) is 2. The van der Waals surface area contributed by atoms with Gasteiger partial charge in [0.15, 0.2) is 0 Å². The Hall–Kier alpha value is -1.75. The van der Waals surface area contributed by atoms with Crippen LogP contribution in [0.1, 0.15) is 6.42 Å². The van der Waals surface area contributed by atoms with E-state index in [2.05, 4.69) is 5.32 Å². The zero-order valence-electron chi connectivity index (χ0n) is 8.89. The number of carbonyl (C=O) groups excluding carboxylic acids is 1. The first-order chi connectivity index (χ1) is 8.06. The number of anilines is 1. The first-order valence-corrected chi connectivity index (χ1v) is 5.49. The molecule has 1 aromatic carbocycles. The van der Waals surface area contributed by atoms with Crippen LogP contribution in [0.15, 0.2) is 24.3 Å². The molecule has 0 aromatic heterocycles. The summed E-state index contributed by atoms with van der Waals surface area (Å²) < 4.78 is 0. The molecular formula is C11H11ClN2O3. The lowest BCUT2D eigenvalue weighted by atomic mass is 10.2. The van der Waals surface area contributed by atoms with E-state index in [0.29, 0.717) is 17.3 Å². The van der Waals surface area contributed by atoms with E-state index in [1.165, 1.54) is 4.90 Å². The number of nitrogens with zero attached hydrogens (tertiary/aromatic N) is 1. The molecule has 1 fully saturated rings. The lowest BCUT2D eigenvalue weighted by molar-refractivity contribution is -0.137. The van der Waals surface area contributed by atoms with E-state index < -0.39 is 5.97 Å². The number of halogens is 1. The van der Waals surface area contributed by atoms with Gasteiger partial charge in [0.1, 0.15) is 0 Å². The summed E-state index contributed by atoms with van der Waals surface area (Å²) >= 11 is 5.84. The highest BCUT2D eigenvalue weighted by atomic mass is 35.5. The third-order valence-electron chi connectivity index (χ3n) is 2.52. The van der Waals surface area contributed by atoms with Crippen molar-refractivity contribution in [1.29, 1.82) is 0 Å². The molecule has 1 heterocycles. The van der Waals surface area contributed by atoms with Gasteiger partial charge in [0, 0.05) is 17.3 Å². The summed E-state index contributed by atoms with van der Waals surface area (Å²) in [5, 5.41) is 11.8. The minimum absolute atomic E-state index is 0.0805. The van der Waals surface area contributed by atoms with Crippen molar-refractivity contribution < 1.29 is 14.7 Å². The fraction of sp³-hybridized carbons (Fsp3) is 0.273. The van der Waals surface area contributed by atoms with Crippen LogP contribution in [0.4, 0.5) is 10.5 Å². The molecule has 0 bridgehead atoms. The second-order valence-electron chi connectivity index (χ2n) is 3.83. The van der Waals surface area contributed by atoms with Crippen molar-refractivity contribution in [3.63, 3.8) is 0 Å². The highest BCUT2D eigenvalue weighted by molar-refractivity contribution is 6.30. The van der Waals surface area contributed by atoms with Gasteiger partial charge in [-0.05, 0) is 18.2 Å². The minimum Gasteiger partial charge on any atom is -0.481 e. The van der Waals surface area contributed by atoms with Crippen molar-refractivity contribution in [2.24, 2.45) is 0 Å². The smallest absolute Gasteiger partial charge is 0.322 e. The predicted molar refractivity (Wildman–Crippen MR) is 63.4 cm³/mol. The Bertz CT molecular complexity index is 464. The molecular weight excluding hydrogens is 244 g/mol. The maximum atomic E-state index is 11.7. The van der Waals surface area contributed by atoms with E-state index in [-0.39, 0.29) is 18.5 Å². The number of urea groups is 1. The highest BCUT2D eigenvalue weighted by Gasteiger charge is 2.31. The van der Waals surface area contributed by atoms with Crippen LogP contribution >= 0.6 is 11.6 Å². The van der Waals surface area contributed by atoms with Gasteiger partial charge in [0.25, 0.3) is 0 Å². The summed E-state index contributed by atoms with van der Waals surface area (Å²) in [5.41, 5.74) is 0.669. The average molecular weight is 255 g/mol. The monoisotopic (exact) mass is 254 g/mol. The summed E-state index contributed by atoms with van der Waals surface area (Å²) in [6.45, 7) is 0.339. The normalized spacial score (nSPS) is 19.2. The maximum Gasteiger partial charge on any atom is 0.322 e. The number of benzene rings is 1. The standard InChI is InChI=1S/C11H11ClN2O3/c12-7-2-1-3-9(4-7)14-6-8(5-10(15)16)13-11(14)17/h1-4,8H,5-6H2,(H,13,17)(H,15,16). The average Bonchev–Trinajstić information content (AvgIpc) is 2.58. The molecule has 0 spiro atoms. The van der Waals surface area contributed by atoms with E-state index in [1.807, 2.05) is 0 Å². The number of aliphatic carboxylic acids is 1. The van der Waals surface area contributed by atoms with Crippen LogP contribution in [0.25, 0.3) is 0 Å². The summed E-state index contributed by atoms with van der Waals surface area (Å²) in [5.74, 6) is -0.928. The Balaban J connectivity index is 2.13. The molecule has 2 rings (SSSR count). The summed E-state index contributed by atoms with van der Waals surface area (Å²) in [7, 11) is 0. The van der Waals surface area contributed by atoms with Crippen molar-refractivity contribution in [1.82, 2.24) is 5.32 Å². The van der Waals surface area contributed by atoms with Gasteiger partial charge in [0.2, 0.25) is 0 Å². The predicted octanol–water partition coefficient (Wildman–Crippen LogP) is 1.71. The van der Waals surface area contributed by atoms with Crippen molar-refractivity contribution in [3.05, 3.63) is 29.3 Å². The SMILES string of the molecule is O=C(O)CC1CN(c2cccc(Cl)c2)C(=O)N1. The molecule has 6 heteroatoms. The first-order valence-electron chi connectivity index (χ1n) is 5.11. The third-order valence-corrected chi connectivity index (χ3v) is 2.75. The van der Waals surface area contributed by atoms with Crippen LogP contribution in [0.5, 0.6) is 0 Å². The Morgan fingerprint density at radius 3 is 3.00 bits per heavy atom. The molecule has 0 aliphatic carbocycles. The van der Waals surface area contributed by atoms with Crippen LogP contribution in [0.2, 0.25) is 5.02 Å². The molecule has 1 aliphatic rings. The van der Waals surface area contributed by atoms with Gasteiger partial charge < -0.3 is 10.4 Å². The van der Waals surface area contributed by atoms with Crippen molar-refractivity contribution in [2.75, 3.05) is 11.4 Å². The van der Waals surface area contributed by atoms with E-state index in [4.69, 9.17) is 16.7 Å². The molecule has 90 valence electrons. The van der Waals surface area contributed by atoms with Gasteiger partial charge in [0.05, 0.1) is 12.5 Å². The number of carbonyl (C=O) groups is 2. The topological polar surface area (TPSA) is 69.6 Å². The Kier molecular flexibility index (Phi) is 3.19. The molecule has 2 amide bonds. The van der Waals surface area contributed by atoms with Crippen LogP contribution in [-0.4, -0.2) is 29.7 Å². The van der Waals surface area contributed by atoms with Crippen LogP contribution < -0.4 is 10.2 Å². The van der Waals surface area contributed by atoms with Crippen molar-refractivity contribution in [3.8, 4) is 0 Å². The molecule has 0 saturated carbocycles. The van der Waals surface area contributed by atoms with E-state index in [1.54, 1.807) is 24.3 Å². The number of hydrogen-bond donors (Lipinski definition) is 2. The Morgan fingerprint density at radius 2 is 2.35 bits per heavy atom. The molecule has 0 radical (unpaired) electrons. The molecule has 1 aliphatic heterocycles. The van der Waals surface area contributed by atoms with Gasteiger partial charge in [-0.1, -0.05) is 17.7 Å². The highest BCUT2D eigenvalue weighted by Crippen LogP contribution is 2.22. The molecule has 1 unspecified atom stereocenters. The summed E-state index contributed by atoms with van der Waals surface area (Å²) in [6.07, 6.45) is -0.0805. The van der Waals surface area contributed by atoms with Gasteiger partial charge in [-0.3, -0.25) is 9.69 Å². The van der Waals surface area contributed by atoms with Crippen molar-refractivity contribution in [2.45, 2.75) is 12.5 Å². The first kappa shape index (κ1) is 11.7. The molecule has 1 atom stereocenters. The number of carboxylic acid groups (broad SMARTS) is 1. The zero-order valence-corrected chi connectivity index (χ0v) is 9.65. The van der Waals surface area contributed by atoms with E-state index in [0.717, 1.165) is 0 Å². The summed E-state index contributed by atoms with van der Waals surface area (Å²) in [4.78, 5) is 23.7. The second kappa shape index (κ2) is 4.63. The lowest BCUT2D eigenvalue weighted by Gasteiger charge is -2.14. The molecule has 1 saturated heterocycles. The maximum absolute atomic E-state index is 11.7. The fourth-order valence-corrected chi connectivity index (χ4v) is 1.98. The Labute approximate surface area is 103 Å². The van der Waals surface area contributed by atoms with Crippen LogP contribution in [0.3, 0.4) is 0 Å². The van der Waals surface area contributed by atoms with Crippen LogP contribution in [0, 0.1) is 0 Å². The molecule has 5 nitrogen and oxygen atoms in total. The largest absolute Gasteiger partial charge is 0.481 e. The van der Waals surface area contributed by atoms with E-state index in [9.17, 15) is 9.59 Å². The third kappa shape index (κ3) is 2.68. The Morgan fingerprint density at radius 1 is 1.59 bits per heavy atom. The lowest BCUT2D eigenvalue weighted by Crippen LogP contribution is -2.29. The van der Waals surface area contributed by atoms with Gasteiger partial charge in [-0.25, -0.2) is 4.79 Å². The number of rotatable bonds is 3. The second-order valence-corrected chi connectivity index (χ2v) is 4.27. The van der Waals surface area contributed by atoms with Gasteiger partial charge in [-0.15, -0.1) is 0 Å². The fourth-order valence-electron chi connectivity index (χ4n) is 1.79. The number of nitrogens with one attached hydrogen (secondary N) is 1. The molecule has 17 heavy (non-hydrogen) atoms. The van der Waals surface area contributed by atoms with Gasteiger partial charge in [-0.2, -0.15) is 0 Å². The zero-order chi connectivity index (χ0) is 12.4. The number of carboxylic acids is 1. The molecule has 1 aromatic rings. The number of amides is 2. The van der Waals surface area contributed by atoms with Gasteiger partial charge >= 0.3 is 12.0 Å². The minimum atomic E-state index is -0.928. The van der Waals surface area contributed by atoms with E-state index >= 15 is 0 Å². The van der Waals surface area contributed by atoms with Crippen molar-refractivity contribution >= 4 is 29.3 Å². The quantitative estimate of drug-likeness (QED) is 0.863. The summed E-state index contributed by atoms with van der Waals surface area (Å²) in [6, 6.07) is 6.24.